The van der Waals surface area contributed by atoms with Gasteiger partial charge < -0.3 is 9.67 Å². The van der Waals surface area contributed by atoms with Crippen LogP contribution in [-0.2, 0) is 19.8 Å². The molecule has 0 fully saturated rings. The minimum atomic E-state index is -0.0585. The van der Waals surface area contributed by atoms with Crippen molar-refractivity contribution < 1.29 is 5.11 Å². The Kier molecular flexibility index (Phi) is 4.78. The summed E-state index contributed by atoms with van der Waals surface area (Å²) < 4.78 is 2.89. The summed E-state index contributed by atoms with van der Waals surface area (Å²) in [5, 5.41) is 9.58. The average molecular weight is 336 g/mol. The normalized spacial score (nSPS) is 11.6. The first-order valence-electron chi connectivity index (χ1n) is 7.23. The molecule has 0 atom stereocenters. The van der Waals surface area contributed by atoms with E-state index in [-0.39, 0.29) is 6.61 Å². The first-order chi connectivity index (χ1) is 10.7. The van der Waals surface area contributed by atoms with Crippen LogP contribution in [0.4, 0.5) is 0 Å². The molecule has 6 heteroatoms. The number of aliphatic hydroxyl groups is 1. The molecule has 22 heavy (non-hydrogen) atoms. The van der Waals surface area contributed by atoms with Gasteiger partial charge in [-0.25, -0.2) is 4.98 Å². The molecule has 0 amide bonds. The van der Waals surface area contributed by atoms with Crippen LogP contribution in [0.1, 0.15) is 17.6 Å². The van der Waals surface area contributed by atoms with Crippen LogP contribution in [0.2, 0.25) is 4.34 Å². The third-order valence-electron chi connectivity index (χ3n) is 3.67. The quantitative estimate of drug-likeness (QED) is 0.746. The van der Waals surface area contributed by atoms with Crippen molar-refractivity contribution in [3.8, 4) is 0 Å². The van der Waals surface area contributed by atoms with Gasteiger partial charge in [0.15, 0.2) is 0 Å². The fourth-order valence-corrected chi connectivity index (χ4v) is 3.65. The lowest BCUT2D eigenvalue weighted by Crippen LogP contribution is -2.26. The lowest BCUT2D eigenvalue weighted by molar-refractivity contribution is 0.207. The molecule has 0 saturated heterocycles. The maximum absolute atomic E-state index is 9.58. The number of fused-ring (bicyclic) bond motifs is 1. The smallest absolute Gasteiger partial charge is 0.136 e. The van der Waals surface area contributed by atoms with E-state index in [1.165, 1.54) is 4.88 Å². The van der Waals surface area contributed by atoms with Crippen molar-refractivity contribution in [1.29, 1.82) is 0 Å². The molecule has 4 nitrogen and oxygen atoms in total. The predicted octanol–water partition coefficient (Wildman–Crippen LogP) is 3.72. The summed E-state index contributed by atoms with van der Waals surface area (Å²) in [6, 6.07) is 12.0. The van der Waals surface area contributed by atoms with Crippen molar-refractivity contribution in [3.05, 3.63) is 51.4 Å². The lowest BCUT2D eigenvalue weighted by atomic mass is 10.3. The van der Waals surface area contributed by atoms with Gasteiger partial charge in [-0.15, -0.1) is 11.3 Å². The van der Waals surface area contributed by atoms with Crippen LogP contribution in [0, 0.1) is 0 Å². The number of thiophene rings is 1. The summed E-state index contributed by atoms with van der Waals surface area (Å²) in [5.41, 5.74) is 1.97. The van der Waals surface area contributed by atoms with E-state index in [0.717, 1.165) is 28.5 Å². The van der Waals surface area contributed by atoms with E-state index >= 15 is 0 Å². The summed E-state index contributed by atoms with van der Waals surface area (Å²) in [6.07, 6.45) is 0. The zero-order chi connectivity index (χ0) is 15.5. The summed E-state index contributed by atoms with van der Waals surface area (Å²) in [4.78, 5) is 8.04. The van der Waals surface area contributed by atoms with E-state index in [4.69, 9.17) is 11.6 Å². The van der Waals surface area contributed by atoms with Crippen molar-refractivity contribution >= 4 is 34.0 Å². The zero-order valence-corrected chi connectivity index (χ0v) is 13.9. The van der Waals surface area contributed by atoms with Crippen molar-refractivity contribution in [2.45, 2.75) is 26.7 Å². The standard InChI is InChI=1S/C16H18ClN3OS/c1-2-19(9-12-7-8-15(17)22-12)11-20-14-6-4-3-5-13(14)18-16(20)10-21/h3-8,21H,2,9-11H2,1H3. The second kappa shape index (κ2) is 6.79. The number of rotatable bonds is 6. The van der Waals surface area contributed by atoms with Gasteiger partial charge in [0.05, 0.1) is 22.0 Å². The van der Waals surface area contributed by atoms with E-state index in [1.807, 2.05) is 30.3 Å². The Hall–Kier alpha value is -1.40. The molecule has 0 aliphatic heterocycles. The van der Waals surface area contributed by atoms with Gasteiger partial charge in [0.2, 0.25) is 0 Å². The molecule has 1 aromatic carbocycles. The molecule has 0 spiro atoms. The molecule has 0 aliphatic carbocycles. The lowest BCUT2D eigenvalue weighted by Gasteiger charge is -2.21. The van der Waals surface area contributed by atoms with Gasteiger partial charge in [-0.2, -0.15) is 0 Å². The number of hydrogen-bond donors (Lipinski definition) is 1. The maximum atomic E-state index is 9.58. The molecular formula is C16H18ClN3OS. The second-order valence-electron chi connectivity index (χ2n) is 5.10. The Labute approximate surface area is 138 Å². The van der Waals surface area contributed by atoms with E-state index in [1.54, 1.807) is 11.3 Å². The number of imidazole rings is 1. The van der Waals surface area contributed by atoms with Crippen LogP contribution in [0.5, 0.6) is 0 Å². The van der Waals surface area contributed by atoms with Gasteiger partial charge in [-0.05, 0) is 30.8 Å². The molecule has 0 saturated carbocycles. The Morgan fingerprint density at radius 2 is 2.09 bits per heavy atom. The number of nitrogens with zero attached hydrogens (tertiary/aromatic N) is 3. The van der Waals surface area contributed by atoms with Crippen molar-refractivity contribution in [1.82, 2.24) is 14.5 Å². The van der Waals surface area contributed by atoms with E-state index in [9.17, 15) is 5.11 Å². The highest BCUT2D eigenvalue weighted by Crippen LogP contribution is 2.23. The van der Waals surface area contributed by atoms with Crippen LogP contribution >= 0.6 is 22.9 Å². The van der Waals surface area contributed by atoms with Crippen LogP contribution in [0.3, 0.4) is 0 Å². The summed E-state index contributed by atoms with van der Waals surface area (Å²) >= 11 is 7.61. The first-order valence-corrected chi connectivity index (χ1v) is 8.42. The fraction of sp³-hybridized carbons (Fsp3) is 0.312. The van der Waals surface area contributed by atoms with Crippen molar-refractivity contribution in [2.24, 2.45) is 0 Å². The minimum absolute atomic E-state index is 0.0585. The van der Waals surface area contributed by atoms with Crippen LogP contribution < -0.4 is 0 Å². The SMILES string of the molecule is CCN(Cc1ccc(Cl)s1)Cn1c(CO)nc2ccccc21. The van der Waals surface area contributed by atoms with Gasteiger partial charge >= 0.3 is 0 Å². The highest BCUT2D eigenvalue weighted by Gasteiger charge is 2.13. The first kappa shape index (κ1) is 15.5. The Bertz CT molecular complexity index is 768. The highest BCUT2D eigenvalue weighted by molar-refractivity contribution is 7.16. The molecule has 0 unspecified atom stereocenters. The van der Waals surface area contributed by atoms with Crippen LogP contribution in [0.25, 0.3) is 11.0 Å². The van der Waals surface area contributed by atoms with Gasteiger partial charge in [-0.3, -0.25) is 4.90 Å². The van der Waals surface area contributed by atoms with Crippen molar-refractivity contribution in [2.75, 3.05) is 6.54 Å². The molecule has 1 N–H and O–H groups in total. The Balaban J connectivity index is 1.86. The van der Waals surface area contributed by atoms with Gasteiger partial charge in [0, 0.05) is 11.4 Å². The maximum Gasteiger partial charge on any atom is 0.136 e. The minimum Gasteiger partial charge on any atom is -0.388 e. The van der Waals surface area contributed by atoms with E-state index in [2.05, 4.69) is 27.4 Å². The number of halogens is 1. The molecule has 2 aromatic heterocycles. The predicted molar refractivity (Wildman–Crippen MR) is 91.1 cm³/mol. The van der Waals surface area contributed by atoms with Crippen LogP contribution in [0.15, 0.2) is 36.4 Å². The van der Waals surface area contributed by atoms with Gasteiger partial charge in [0.1, 0.15) is 12.4 Å². The van der Waals surface area contributed by atoms with E-state index < -0.39 is 0 Å². The van der Waals surface area contributed by atoms with Crippen LogP contribution in [-0.4, -0.2) is 26.1 Å². The number of hydrogen-bond acceptors (Lipinski definition) is 4. The molecule has 3 rings (SSSR count). The largest absolute Gasteiger partial charge is 0.388 e. The van der Waals surface area contributed by atoms with E-state index in [0.29, 0.717) is 12.5 Å². The third kappa shape index (κ3) is 3.17. The number of para-hydroxylation sites is 2. The average Bonchev–Trinajstić information content (AvgIpc) is 3.10. The summed E-state index contributed by atoms with van der Waals surface area (Å²) in [7, 11) is 0. The topological polar surface area (TPSA) is 41.3 Å². The van der Waals surface area contributed by atoms with Gasteiger partial charge in [-0.1, -0.05) is 30.7 Å². The number of aliphatic hydroxyl groups excluding tert-OH is 1. The molecular weight excluding hydrogens is 318 g/mol. The second-order valence-corrected chi connectivity index (χ2v) is 6.89. The fourth-order valence-electron chi connectivity index (χ4n) is 2.52. The Morgan fingerprint density at radius 3 is 2.77 bits per heavy atom. The molecule has 2 heterocycles. The molecule has 0 aliphatic rings. The number of aromatic nitrogens is 2. The molecule has 0 radical (unpaired) electrons. The summed E-state index contributed by atoms with van der Waals surface area (Å²) in [5.74, 6) is 0.698. The zero-order valence-electron chi connectivity index (χ0n) is 12.4. The van der Waals surface area contributed by atoms with Gasteiger partial charge in [0.25, 0.3) is 0 Å². The van der Waals surface area contributed by atoms with Crippen molar-refractivity contribution in [3.63, 3.8) is 0 Å². The monoisotopic (exact) mass is 335 g/mol. The highest BCUT2D eigenvalue weighted by atomic mass is 35.5. The molecule has 3 aromatic rings. The molecule has 116 valence electrons. The molecule has 0 bridgehead atoms. The number of benzene rings is 1. The third-order valence-corrected chi connectivity index (χ3v) is 4.89. The summed E-state index contributed by atoms with van der Waals surface area (Å²) in [6.45, 7) is 4.52. The Morgan fingerprint density at radius 1 is 1.27 bits per heavy atom.